The zero-order valence-corrected chi connectivity index (χ0v) is 16.9. The third kappa shape index (κ3) is 4.64. The summed E-state index contributed by atoms with van der Waals surface area (Å²) in [6.07, 6.45) is 3.47. The summed E-state index contributed by atoms with van der Waals surface area (Å²) in [5, 5.41) is 2.92. The molecule has 1 atom stereocenters. The molecule has 1 fully saturated rings. The van der Waals surface area contributed by atoms with E-state index >= 15 is 0 Å². The van der Waals surface area contributed by atoms with Gasteiger partial charge in [-0.3, -0.25) is 9.36 Å². The first-order valence-electron chi connectivity index (χ1n) is 8.89. The molecule has 3 N–H and O–H groups in total. The summed E-state index contributed by atoms with van der Waals surface area (Å²) in [7, 11) is 0. The van der Waals surface area contributed by atoms with E-state index in [1.165, 1.54) is 0 Å². The van der Waals surface area contributed by atoms with Gasteiger partial charge in [-0.05, 0) is 55.2 Å². The number of anilines is 1. The molecular weight excluding hydrogens is 399 g/mol. The van der Waals surface area contributed by atoms with Crippen molar-refractivity contribution >= 4 is 47.4 Å². The lowest BCUT2D eigenvalue weighted by Gasteiger charge is -2.26. The molecule has 6 nitrogen and oxygen atoms in total. The van der Waals surface area contributed by atoms with Gasteiger partial charge in [0, 0.05) is 24.6 Å². The van der Waals surface area contributed by atoms with Gasteiger partial charge in [-0.2, -0.15) is 0 Å². The first-order valence-corrected chi connectivity index (χ1v) is 8.89. The summed E-state index contributed by atoms with van der Waals surface area (Å²) in [5.41, 5.74) is 9.86. The highest BCUT2D eigenvalue weighted by molar-refractivity contribution is 5.95. The molecule has 2 aromatic carbocycles. The first kappa shape index (κ1) is 22.2. The average molecular weight is 423 g/mol. The van der Waals surface area contributed by atoms with Crippen molar-refractivity contribution < 1.29 is 9.53 Å². The van der Waals surface area contributed by atoms with Crippen molar-refractivity contribution in [3.8, 4) is 5.69 Å². The van der Waals surface area contributed by atoms with E-state index in [4.69, 9.17) is 10.5 Å². The van der Waals surface area contributed by atoms with Crippen molar-refractivity contribution in [3.05, 3.63) is 54.9 Å². The van der Waals surface area contributed by atoms with Crippen LogP contribution in [0.25, 0.3) is 16.7 Å². The quantitative estimate of drug-likeness (QED) is 0.673. The zero-order valence-electron chi connectivity index (χ0n) is 15.3. The highest BCUT2D eigenvalue weighted by Gasteiger charge is 2.26. The molecule has 1 unspecified atom stereocenters. The number of ether oxygens (including phenoxy) is 1. The number of carbonyl (C=O) groups is 1. The average Bonchev–Trinajstić information content (AvgIpc) is 3.13. The Kier molecular flexibility index (Phi) is 7.83. The van der Waals surface area contributed by atoms with Crippen LogP contribution < -0.4 is 11.1 Å². The fourth-order valence-electron chi connectivity index (χ4n) is 3.38. The maximum Gasteiger partial charge on any atom is 0.241 e. The molecule has 0 aliphatic carbocycles. The molecule has 1 aromatic heterocycles. The van der Waals surface area contributed by atoms with Crippen LogP contribution in [-0.4, -0.2) is 34.7 Å². The van der Waals surface area contributed by atoms with Crippen molar-refractivity contribution in [2.75, 3.05) is 18.5 Å². The second-order valence-electron chi connectivity index (χ2n) is 6.61. The Labute approximate surface area is 176 Å². The van der Waals surface area contributed by atoms with Crippen molar-refractivity contribution in [3.63, 3.8) is 0 Å². The maximum atomic E-state index is 12.4. The number of nitrogens with two attached hydrogens (primary N) is 1. The van der Waals surface area contributed by atoms with Crippen LogP contribution in [0.3, 0.4) is 0 Å². The highest BCUT2D eigenvalue weighted by Crippen LogP contribution is 2.21. The number of para-hydroxylation sites is 2. The van der Waals surface area contributed by atoms with E-state index in [9.17, 15) is 4.79 Å². The Balaban J connectivity index is 0.00000140. The lowest BCUT2D eigenvalue weighted by molar-refractivity contribution is -0.119. The van der Waals surface area contributed by atoms with Crippen LogP contribution >= 0.6 is 24.8 Å². The molecule has 4 rings (SSSR count). The van der Waals surface area contributed by atoms with E-state index in [0.717, 1.165) is 35.2 Å². The van der Waals surface area contributed by atoms with Crippen molar-refractivity contribution in [1.29, 1.82) is 0 Å². The number of aromatic nitrogens is 2. The minimum absolute atomic E-state index is 0. The molecule has 3 aromatic rings. The van der Waals surface area contributed by atoms with Gasteiger partial charge in [0.25, 0.3) is 0 Å². The number of amides is 1. The van der Waals surface area contributed by atoms with E-state index in [2.05, 4.69) is 10.3 Å². The second kappa shape index (κ2) is 9.89. The van der Waals surface area contributed by atoms with Gasteiger partial charge < -0.3 is 15.8 Å². The number of hydrogen-bond donors (Lipinski definition) is 2. The number of imidazole rings is 1. The van der Waals surface area contributed by atoms with Gasteiger partial charge in [0.15, 0.2) is 0 Å². The molecule has 0 radical (unpaired) electrons. The molecule has 150 valence electrons. The number of carbonyl (C=O) groups excluding carboxylic acids is 1. The highest BCUT2D eigenvalue weighted by atomic mass is 35.5. The third-order valence-electron chi connectivity index (χ3n) is 4.94. The molecule has 2 heterocycles. The molecule has 28 heavy (non-hydrogen) atoms. The standard InChI is InChI=1S/C20H22N4O2.2ClH/c21-19(14-9-11-26-12-10-14)20(25)23-15-5-7-16(8-6-15)24-13-22-17-3-1-2-4-18(17)24;;/h1-8,13-14,19H,9-12,21H2,(H,23,25);2*1H. The smallest absolute Gasteiger partial charge is 0.241 e. The van der Waals surface area contributed by atoms with Crippen molar-refractivity contribution in [2.24, 2.45) is 11.7 Å². The Morgan fingerprint density at radius 1 is 1.11 bits per heavy atom. The third-order valence-corrected chi connectivity index (χ3v) is 4.94. The largest absolute Gasteiger partial charge is 0.381 e. The predicted octanol–water partition coefficient (Wildman–Crippen LogP) is 3.56. The van der Waals surface area contributed by atoms with Crippen molar-refractivity contribution in [2.45, 2.75) is 18.9 Å². The summed E-state index contributed by atoms with van der Waals surface area (Å²) in [6, 6.07) is 15.2. The molecule has 1 aliphatic heterocycles. The Hall–Kier alpha value is -2.12. The number of halogens is 2. The minimum atomic E-state index is -0.504. The topological polar surface area (TPSA) is 82.2 Å². The molecule has 8 heteroatoms. The van der Waals surface area contributed by atoms with E-state index in [0.29, 0.717) is 13.2 Å². The Morgan fingerprint density at radius 3 is 2.50 bits per heavy atom. The van der Waals surface area contributed by atoms with Gasteiger partial charge in [0.2, 0.25) is 5.91 Å². The van der Waals surface area contributed by atoms with Gasteiger partial charge in [0.05, 0.1) is 17.1 Å². The van der Waals surface area contributed by atoms with E-state index < -0.39 is 6.04 Å². The molecule has 1 aliphatic rings. The Morgan fingerprint density at radius 2 is 1.79 bits per heavy atom. The van der Waals surface area contributed by atoms with Gasteiger partial charge in [-0.25, -0.2) is 4.98 Å². The summed E-state index contributed by atoms with van der Waals surface area (Å²) >= 11 is 0. The first-order chi connectivity index (χ1) is 12.7. The van der Waals surface area contributed by atoms with Crippen LogP contribution in [0.2, 0.25) is 0 Å². The second-order valence-corrected chi connectivity index (χ2v) is 6.61. The fraction of sp³-hybridized carbons (Fsp3) is 0.300. The van der Waals surface area contributed by atoms with Crippen LogP contribution in [0.5, 0.6) is 0 Å². The SMILES string of the molecule is Cl.Cl.NC(C(=O)Nc1ccc(-n2cnc3ccccc32)cc1)C1CCOCC1. The predicted molar refractivity (Wildman–Crippen MR) is 116 cm³/mol. The molecular formula is C20H24Cl2N4O2. The van der Waals surface area contributed by atoms with Crippen LogP contribution in [0.4, 0.5) is 5.69 Å². The lowest BCUT2D eigenvalue weighted by Crippen LogP contribution is -2.43. The van der Waals surface area contributed by atoms with E-state index in [1.54, 1.807) is 6.33 Å². The van der Waals surface area contributed by atoms with Gasteiger partial charge >= 0.3 is 0 Å². The maximum absolute atomic E-state index is 12.4. The number of rotatable bonds is 4. The van der Waals surface area contributed by atoms with Gasteiger partial charge in [0.1, 0.15) is 6.33 Å². The summed E-state index contributed by atoms with van der Waals surface area (Å²) in [5.74, 6) is 0.0399. The van der Waals surface area contributed by atoms with Gasteiger partial charge in [-0.1, -0.05) is 12.1 Å². The van der Waals surface area contributed by atoms with Crippen LogP contribution in [-0.2, 0) is 9.53 Å². The number of nitrogens with one attached hydrogen (secondary N) is 1. The fourth-order valence-corrected chi connectivity index (χ4v) is 3.38. The zero-order chi connectivity index (χ0) is 17.9. The normalized spacial score (nSPS) is 15.3. The summed E-state index contributed by atoms with van der Waals surface area (Å²) in [6.45, 7) is 1.36. The monoisotopic (exact) mass is 422 g/mol. The summed E-state index contributed by atoms with van der Waals surface area (Å²) < 4.78 is 7.35. The molecule has 0 spiro atoms. The Bertz CT molecular complexity index is 908. The molecule has 1 saturated heterocycles. The van der Waals surface area contributed by atoms with Crippen molar-refractivity contribution in [1.82, 2.24) is 9.55 Å². The van der Waals surface area contributed by atoms with Gasteiger partial charge in [-0.15, -0.1) is 24.8 Å². The summed E-state index contributed by atoms with van der Waals surface area (Å²) in [4.78, 5) is 16.8. The molecule has 1 amide bonds. The van der Waals surface area contributed by atoms with E-state index in [-0.39, 0.29) is 36.6 Å². The molecule has 0 bridgehead atoms. The number of nitrogens with zero attached hydrogens (tertiary/aromatic N) is 2. The van der Waals surface area contributed by atoms with Crippen LogP contribution in [0, 0.1) is 5.92 Å². The van der Waals surface area contributed by atoms with Crippen LogP contribution in [0.1, 0.15) is 12.8 Å². The lowest BCUT2D eigenvalue weighted by atomic mass is 9.92. The number of hydrogen-bond acceptors (Lipinski definition) is 4. The van der Waals surface area contributed by atoms with E-state index in [1.807, 2.05) is 53.1 Å². The number of fused-ring (bicyclic) bond motifs is 1. The van der Waals surface area contributed by atoms with Crippen LogP contribution in [0.15, 0.2) is 54.9 Å². The number of benzene rings is 2. The molecule has 0 saturated carbocycles. The minimum Gasteiger partial charge on any atom is -0.381 e.